The number of aromatic nitrogens is 1. The summed E-state index contributed by atoms with van der Waals surface area (Å²) in [6.45, 7) is 8.34. The quantitative estimate of drug-likeness (QED) is 0.854. The Morgan fingerprint density at radius 1 is 1.09 bits per heavy atom. The van der Waals surface area contributed by atoms with Crippen molar-refractivity contribution in [3.05, 3.63) is 18.3 Å². The van der Waals surface area contributed by atoms with E-state index in [9.17, 15) is 0 Å². The lowest BCUT2D eigenvalue weighted by Gasteiger charge is -2.48. The standard InChI is InChI=1S/C16H24N4OS/c1-2-15(19-7-9-21-10-8-19)18-11-14(1)22-20-5-3-16(4-6-20)12-17-13-16/h1-2,11,17H,3-10,12-13H2. The molecule has 0 atom stereocenters. The zero-order valence-electron chi connectivity index (χ0n) is 13.0. The molecule has 3 aliphatic rings. The highest BCUT2D eigenvalue weighted by molar-refractivity contribution is 7.97. The summed E-state index contributed by atoms with van der Waals surface area (Å²) in [7, 11) is 0. The summed E-state index contributed by atoms with van der Waals surface area (Å²) >= 11 is 1.86. The lowest BCUT2D eigenvalue weighted by atomic mass is 9.74. The molecule has 3 saturated heterocycles. The van der Waals surface area contributed by atoms with Gasteiger partial charge >= 0.3 is 0 Å². The van der Waals surface area contributed by atoms with E-state index in [1.54, 1.807) is 0 Å². The molecule has 1 aromatic rings. The van der Waals surface area contributed by atoms with Gasteiger partial charge in [0.05, 0.1) is 13.2 Å². The number of nitrogens with zero attached hydrogens (tertiary/aromatic N) is 3. The maximum atomic E-state index is 5.39. The van der Waals surface area contributed by atoms with Crippen molar-refractivity contribution in [2.75, 3.05) is 57.4 Å². The van der Waals surface area contributed by atoms with Gasteiger partial charge in [-0.15, -0.1) is 0 Å². The molecule has 0 amide bonds. The molecule has 0 saturated carbocycles. The minimum Gasteiger partial charge on any atom is -0.378 e. The molecule has 0 aliphatic carbocycles. The van der Waals surface area contributed by atoms with Gasteiger partial charge in [-0.05, 0) is 42.3 Å². The molecule has 22 heavy (non-hydrogen) atoms. The average molecular weight is 320 g/mol. The van der Waals surface area contributed by atoms with Crippen LogP contribution in [0.25, 0.3) is 0 Å². The third-order valence-corrected chi connectivity index (χ3v) is 6.15. The Morgan fingerprint density at radius 2 is 1.86 bits per heavy atom. The predicted molar refractivity (Wildman–Crippen MR) is 89.2 cm³/mol. The Labute approximate surface area is 136 Å². The van der Waals surface area contributed by atoms with Crippen molar-refractivity contribution in [1.82, 2.24) is 14.6 Å². The van der Waals surface area contributed by atoms with Crippen LogP contribution in [0.3, 0.4) is 0 Å². The third-order valence-electron chi connectivity index (χ3n) is 5.07. The summed E-state index contributed by atoms with van der Waals surface area (Å²) in [5.41, 5.74) is 0.621. The molecule has 0 unspecified atom stereocenters. The van der Waals surface area contributed by atoms with Crippen molar-refractivity contribution in [2.24, 2.45) is 5.41 Å². The van der Waals surface area contributed by atoms with E-state index in [1.807, 2.05) is 18.1 Å². The lowest BCUT2D eigenvalue weighted by Crippen LogP contribution is -2.57. The second-order valence-corrected chi connectivity index (χ2v) is 7.75. The van der Waals surface area contributed by atoms with Gasteiger partial charge in [0.1, 0.15) is 5.82 Å². The van der Waals surface area contributed by atoms with Gasteiger partial charge in [-0.25, -0.2) is 9.29 Å². The molecule has 4 heterocycles. The molecule has 1 N–H and O–H groups in total. The predicted octanol–water partition coefficient (Wildman–Crippen LogP) is 1.61. The van der Waals surface area contributed by atoms with E-state index in [2.05, 4.69) is 31.6 Å². The normalized spacial score (nSPS) is 25.2. The first-order valence-corrected chi connectivity index (χ1v) is 9.03. The Balaban J connectivity index is 1.31. The SMILES string of the molecule is c1cc(N2CCOCC2)ncc1SN1CCC2(CC1)CNC2. The van der Waals surface area contributed by atoms with Crippen molar-refractivity contribution < 1.29 is 4.74 Å². The fourth-order valence-electron chi connectivity index (χ4n) is 3.44. The molecule has 0 radical (unpaired) electrons. The smallest absolute Gasteiger partial charge is 0.128 e. The Morgan fingerprint density at radius 3 is 2.45 bits per heavy atom. The van der Waals surface area contributed by atoms with Gasteiger partial charge in [-0.1, -0.05) is 0 Å². The van der Waals surface area contributed by atoms with Crippen molar-refractivity contribution in [3.63, 3.8) is 0 Å². The first-order valence-electron chi connectivity index (χ1n) is 8.26. The van der Waals surface area contributed by atoms with E-state index >= 15 is 0 Å². The van der Waals surface area contributed by atoms with Crippen LogP contribution in [0.2, 0.25) is 0 Å². The van der Waals surface area contributed by atoms with Gasteiger partial charge in [0.25, 0.3) is 0 Å². The highest BCUT2D eigenvalue weighted by atomic mass is 32.2. The minimum absolute atomic E-state index is 0.621. The molecule has 0 aromatic carbocycles. The first-order chi connectivity index (χ1) is 10.8. The summed E-state index contributed by atoms with van der Waals surface area (Å²) < 4.78 is 7.89. The van der Waals surface area contributed by atoms with Crippen LogP contribution in [-0.4, -0.2) is 61.8 Å². The third kappa shape index (κ3) is 3.11. The maximum absolute atomic E-state index is 5.39. The topological polar surface area (TPSA) is 40.6 Å². The van der Waals surface area contributed by atoms with Gasteiger partial charge in [0, 0.05) is 50.4 Å². The Kier molecular flexibility index (Phi) is 4.26. The van der Waals surface area contributed by atoms with Crippen LogP contribution in [0.5, 0.6) is 0 Å². The first kappa shape index (κ1) is 14.8. The van der Waals surface area contributed by atoms with Crippen LogP contribution in [0.4, 0.5) is 5.82 Å². The van der Waals surface area contributed by atoms with Gasteiger partial charge in [0.15, 0.2) is 0 Å². The van der Waals surface area contributed by atoms with Crippen LogP contribution >= 0.6 is 11.9 Å². The summed E-state index contributed by atoms with van der Waals surface area (Å²) in [4.78, 5) is 8.18. The largest absolute Gasteiger partial charge is 0.378 e. The number of pyridine rings is 1. The summed E-state index contributed by atoms with van der Waals surface area (Å²) in [5, 5.41) is 3.42. The van der Waals surface area contributed by atoms with E-state index in [1.165, 1.54) is 43.9 Å². The van der Waals surface area contributed by atoms with Gasteiger partial charge in [-0.2, -0.15) is 0 Å². The molecule has 3 aliphatic heterocycles. The van der Waals surface area contributed by atoms with Crippen LogP contribution in [0, 0.1) is 5.41 Å². The van der Waals surface area contributed by atoms with Crippen molar-refractivity contribution in [1.29, 1.82) is 0 Å². The van der Waals surface area contributed by atoms with Crippen molar-refractivity contribution in [2.45, 2.75) is 17.7 Å². The zero-order chi connectivity index (χ0) is 14.8. The summed E-state index contributed by atoms with van der Waals surface area (Å²) in [5.74, 6) is 1.07. The highest BCUT2D eigenvalue weighted by Crippen LogP contribution is 2.38. The molecule has 6 heteroatoms. The van der Waals surface area contributed by atoms with Crippen LogP contribution in [-0.2, 0) is 4.74 Å². The van der Waals surface area contributed by atoms with Crippen molar-refractivity contribution in [3.8, 4) is 0 Å². The number of hydrogen-bond donors (Lipinski definition) is 1. The number of rotatable bonds is 3. The van der Waals surface area contributed by atoms with Gasteiger partial charge in [0.2, 0.25) is 0 Å². The highest BCUT2D eigenvalue weighted by Gasteiger charge is 2.39. The van der Waals surface area contributed by atoms with E-state index in [-0.39, 0.29) is 0 Å². The van der Waals surface area contributed by atoms with E-state index < -0.39 is 0 Å². The number of nitrogens with one attached hydrogen (secondary N) is 1. The van der Waals surface area contributed by atoms with Crippen LogP contribution in [0.15, 0.2) is 23.2 Å². The summed E-state index contributed by atoms with van der Waals surface area (Å²) in [6.07, 6.45) is 4.67. The fourth-order valence-corrected chi connectivity index (χ4v) is 4.33. The number of morpholine rings is 1. The molecule has 5 nitrogen and oxygen atoms in total. The van der Waals surface area contributed by atoms with Gasteiger partial charge < -0.3 is 15.0 Å². The monoisotopic (exact) mass is 320 g/mol. The van der Waals surface area contributed by atoms with E-state index in [0.29, 0.717) is 5.41 Å². The number of anilines is 1. The number of ether oxygens (including phenoxy) is 1. The molecular weight excluding hydrogens is 296 g/mol. The molecule has 4 rings (SSSR count). The second-order valence-electron chi connectivity index (χ2n) is 6.58. The van der Waals surface area contributed by atoms with Crippen LogP contribution < -0.4 is 10.2 Å². The lowest BCUT2D eigenvalue weighted by molar-refractivity contribution is 0.0907. The second kappa shape index (κ2) is 6.35. The average Bonchev–Trinajstić information content (AvgIpc) is 2.56. The molecular formula is C16H24N4OS. The zero-order valence-corrected chi connectivity index (χ0v) is 13.8. The molecule has 0 bridgehead atoms. The molecule has 1 spiro atoms. The maximum Gasteiger partial charge on any atom is 0.128 e. The molecule has 3 fully saturated rings. The number of piperidine rings is 1. The fraction of sp³-hybridized carbons (Fsp3) is 0.688. The summed E-state index contributed by atoms with van der Waals surface area (Å²) in [6, 6.07) is 4.35. The van der Waals surface area contributed by atoms with Gasteiger partial charge in [-0.3, -0.25) is 0 Å². The Bertz CT molecular complexity index is 489. The minimum atomic E-state index is 0.621. The molecule has 1 aromatic heterocycles. The van der Waals surface area contributed by atoms with Crippen molar-refractivity contribution >= 4 is 17.8 Å². The number of hydrogen-bond acceptors (Lipinski definition) is 6. The molecule has 120 valence electrons. The Hall–Kier alpha value is -0.820. The van der Waals surface area contributed by atoms with E-state index in [4.69, 9.17) is 4.74 Å². The van der Waals surface area contributed by atoms with Crippen LogP contribution in [0.1, 0.15) is 12.8 Å². The van der Waals surface area contributed by atoms with E-state index in [0.717, 1.165) is 32.1 Å².